The maximum atomic E-state index is 11.6. The fraction of sp³-hybridized carbons (Fsp3) is 0.367. The third-order valence-corrected chi connectivity index (χ3v) is 7.46. The maximum absolute atomic E-state index is 11.6. The number of fused-ring (bicyclic) bond motifs is 1. The van der Waals surface area contributed by atoms with E-state index < -0.39 is 11.6 Å². The molecule has 2 N–H and O–H groups in total. The highest BCUT2D eigenvalue weighted by Crippen LogP contribution is 2.42. The number of esters is 1. The molecule has 1 unspecified atom stereocenters. The largest absolute Gasteiger partial charge is 0.465 e. The molecule has 39 heavy (non-hydrogen) atoms. The predicted octanol–water partition coefficient (Wildman–Crippen LogP) is 5.29. The van der Waals surface area contributed by atoms with Gasteiger partial charge in [-0.1, -0.05) is 19.9 Å². The number of nitriles is 1. The molecular weight excluding hydrogens is 510 g/mol. The number of hydrogen-bond acceptors (Lipinski definition) is 8. The van der Waals surface area contributed by atoms with Crippen LogP contribution in [-0.4, -0.2) is 39.4 Å². The fourth-order valence-electron chi connectivity index (χ4n) is 4.74. The van der Waals surface area contributed by atoms with Crippen LogP contribution in [0, 0.1) is 16.7 Å². The van der Waals surface area contributed by atoms with Gasteiger partial charge >= 0.3 is 5.97 Å². The van der Waals surface area contributed by atoms with Crippen molar-refractivity contribution in [2.45, 2.75) is 59.0 Å². The number of aldehydes is 1. The molecule has 0 spiro atoms. The van der Waals surface area contributed by atoms with Crippen LogP contribution in [0.15, 0.2) is 48.1 Å². The first-order valence-corrected chi connectivity index (χ1v) is 13.6. The minimum atomic E-state index is -0.859. The number of carbonyl (C=O) groups is 2. The third kappa shape index (κ3) is 6.08. The zero-order chi connectivity index (χ0) is 28.4. The van der Waals surface area contributed by atoms with Crippen molar-refractivity contribution in [1.29, 1.82) is 5.26 Å². The lowest BCUT2D eigenvalue weighted by molar-refractivity contribution is -0.143. The molecule has 0 amide bonds. The molecule has 0 aliphatic heterocycles. The van der Waals surface area contributed by atoms with Gasteiger partial charge in [0.15, 0.2) is 0 Å². The molecule has 1 atom stereocenters. The molecule has 3 aromatic heterocycles. The second-order valence-electron chi connectivity index (χ2n) is 11.1. The first kappa shape index (κ1) is 28.1. The Labute approximate surface area is 232 Å². The number of carbonyl (C=O) groups excluding carboxylic acids is 2. The van der Waals surface area contributed by atoms with E-state index in [9.17, 15) is 14.9 Å². The van der Waals surface area contributed by atoms with Gasteiger partial charge in [-0.05, 0) is 50.1 Å². The number of benzene rings is 1. The highest BCUT2D eigenvalue weighted by atomic mass is 32.1. The lowest BCUT2D eigenvalue weighted by atomic mass is 9.84. The summed E-state index contributed by atoms with van der Waals surface area (Å²) in [4.78, 5) is 31.7. The van der Waals surface area contributed by atoms with Crippen molar-refractivity contribution in [2.24, 2.45) is 11.1 Å². The van der Waals surface area contributed by atoms with E-state index >= 15 is 0 Å². The Kier molecular flexibility index (Phi) is 8.00. The van der Waals surface area contributed by atoms with Gasteiger partial charge in [-0.2, -0.15) is 5.26 Å². The first-order chi connectivity index (χ1) is 18.5. The van der Waals surface area contributed by atoms with Crippen LogP contribution in [0.5, 0.6) is 0 Å². The van der Waals surface area contributed by atoms with Crippen LogP contribution in [0.3, 0.4) is 0 Å². The number of nitrogens with two attached hydrogens (primary N) is 1. The molecule has 0 saturated heterocycles. The summed E-state index contributed by atoms with van der Waals surface area (Å²) in [6.45, 7) is 9.60. The molecule has 0 fully saturated rings. The van der Waals surface area contributed by atoms with Crippen molar-refractivity contribution >= 4 is 34.5 Å². The summed E-state index contributed by atoms with van der Waals surface area (Å²) in [5.41, 5.74) is 10.1. The lowest BCUT2D eigenvalue weighted by Crippen LogP contribution is -2.26. The van der Waals surface area contributed by atoms with Crippen molar-refractivity contribution in [2.75, 3.05) is 6.61 Å². The molecule has 0 radical (unpaired) electrons. The van der Waals surface area contributed by atoms with Crippen molar-refractivity contribution in [1.82, 2.24) is 14.5 Å². The number of ether oxygens (including phenoxy) is 1. The number of rotatable bonds is 10. The Morgan fingerprint density at radius 2 is 2.03 bits per heavy atom. The highest BCUT2D eigenvalue weighted by molar-refractivity contribution is 7.10. The predicted molar refractivity (Wildman–Crippen MR) is 153 cm³/mol. The minimum Gasteiger partial charge on any atom is -0.465 e. The number of hydrogen-bond donors (Lipinski definition) is 1. The Balaban J connectivity index is 1.96. The summed E-state index contributed by atoms with van der Waals surface area (Å²) in [7, 11) is 0. The van der Waals surface area contributed by atoms with Gasteiger partial charge < -0.3 is 19.8 Å². The smallest absolute Gasteiger partial charge is 0.302 e. The number of aromatic nitrogens is 3. The molecule has 4 aromatic rings. The molecule has 9 heteroatoms. The second kappa shape index (κ2) is 11.1. The zero-order valence-electron chi connectivity index (χ0n) is 22.9. The number of pyridine rings is 1. The van der Waals surface area contributed by atoms with E-state index in [4.69, 9.17) is 15.5 Å². The molecule has 0 aliphatic rings. The van der Waals surface area contributed by atoms with E-state index in [1.807, 2.05) is 49.7 Å². The molecule has 0 saturated carbocycles. The van der Waals surface area contributed by atoms with E-state index in [1.54, 1.807) is 6.20 Å². The quantitative estimate of drug-likeness (QED) is 0.213. The van der Waals surface area contributed by atoms with Crippen molar-refractivity contribution < 1.29 is 14.3 Å². The molecule has 202 valence electrons. The van der Waals surface area contributed by atoms with Crippen LogP contribution in [0.4, 0.5) is 0 Å². The first-order valence-electron chi connectivity index (χ1n) is 12.7. The molecule has 3 heterocycles. The average molecular weight is 544 g/mol. The van der Waals surface area contributed by atoms with E-state index in [0.29, 0.717) is 12.8 Å². The monoisotopic (exact) mass is 543 g/mol. The fourth-order valence-corrected chi connectivity index (χ4v) is 5.62. The highest BCUT2D eigenvalue weighted by Gasteiger charge is 2.32. The van der Waals surface area contributed by atoms with Crippen molar-refractivity contribution in [3.63, 3.8) is 0 Å². The normalized spacial score (nSPS) is 12.7. The lowest BCUT2D eigenvalue weighted by Gasteiger charge is -2.26. The number of thiazole rings is 1. The minimum absolute atomic E-state index is 0.259. The van der Waals surface area contributed by atoms with E-state index in [2.05, 4.69) is 35.5 Å². The Morgan fingerprint density at radius 3 is 2.67 bits per heavy atom. The number of nitrogens with zero attached hydrogens (tertiary/aromatic N) is 4. The molecule has 0 bridgehead atoms. The summed E-state index contributed by atoms with van der Waals surface area (Å²) in [6, 6.07) is 11.9. The van der Waals surface area contributed by atoms with Crippen molar-refractivity contribution in [3.05, 3.63) is 58.7 Å². The van der Waals surface area contributed by atoms with Crippen LogP contribution < -0.4 is 5.73 Å². The van der Waals surface area contributed by atoms with Gasteiger partial charge in [0.05, 0.1) is 40.6 Å². The summed E-state index contributed by atoms with van der Waals surface area (Å²) >= 11 is 1.48. The Bertz CT molecular complexity index is 1550. The summed E-state index contributed by atoms with van der Waals surface area (Å²) < 4.78 is 7.49. The third-order valence-electron chi connectivity index (χ3n) is 6.59. The SMILES string of the molecule is CC(=O)OCC(C)(C)Cc1c(-c2cccnc2)n(C(C)(C)C#N)c2ccc(-c3csc(CC(N)C=O)n3)cc12. The summed E-state index contributed by atoms with van der Waals surface area (Å²) in [5, 5.41) is 14.0. The van der Waals surface area contributed by atoms with E-state index in [1.165, 1.54) is 18.3 Å². The molecule has 8 nitrogen and oxygen atoms in total. The Morgan fingerprint density at radius 1 is 1.26 bits per heavy atom. The van der Waals surface area contributed by atoms with Gasteiger partial charge in [0, 0.05) is 53.0 Å². The van der Waals surface area contributed by atoms with Crippen LogP contribution in [0.2, 0.25) is 0 Å². The standard InChI is InChI=1S/C30H33N5O3S/c1-19(37)38-18-29(2,3)13-24-23-11-20(25-16-39-27(34-25)12-22(32)15-36)8-9-26(23)35(30(4,5)17-31)28(24)21-7-6-10-33-14-21/h6-11,14-16,22H,12-13,18,32H2,1-5H3. The van der Waals surface area contributed by atoms with Crippen LogP contribution in [-0.2, 0) is 32.7 Å². The molecular formula is C30H33N5O3S. The summed E-state index contributed by atoms with van der Waals surface area (Å²) in [5.74, 6) is -0.320. The van der Waals surface area contributed by atoms with E-state index in [0.717, 1.165) is 50.3 Å². The van der Waals surface area contributed by atoms with Crippen molar-refractivity contribution in [3.8, 4) is 28.6 Å². The zero-order valence-corrected chi connectivity index (χ0v) is 23.7. The second-order valence-corrected chi connectivity index (χ2v) is 12.0. The van der Waals surface area contributed by atoms with Crippen LogP contribution >= 0.6 is 11.3 Å². The van der Waals surface area contributed by atoms with Gasteiger partial charge in [-0.25, -0.2) is 4.98 Å². The van der Waals surface area contributed by atoms with Crippen LogP contribution in [0.1, 0.15) is 45.2 Å². The van der Waals surface area contributed by atoms with Gasteiger partial charge in [-0.3, -0.25) is 9.78 Å². The Hall–Kier alpha value is -3.87. The van der Waals surface area contributed by atoms with Gasteiger partial charge in [0.25, 0.3) is 0 Å². The topological polar surface area (TPSA) is 124 Å². The molecule has 4 rings (SSSR count). The maximum Gasteiger partial charge on any atom is 0.302 e. The van der Waals surface area contributed by atoms with Crippen LogP contribution in [0.25, 0.3) is 33.4 Å². The van der Waals surface area contributed by atoms with E-state index in [-0.39, 0.29) is 18.0 Å². The van der Waals surface area contributed by atoms with Gasteiger partial charge in [-0.15, -0.1) is 11.3 Å². The van der Waals surface area contributed by atoms with Gasteiger partial charge in [0.1, 0.15) is 11.8 Å². The molecule has 1 aromatic carbocycles. The molecule has 0 aliphatic carbocycles. The average Bonchev–Trinajstić information content (AvgIpc) is 3.50. The summed E-state index contributed by atoms with van der Waals surface area (Å²) in [6.07, 6.45) is 5.26. The van der Waals surface area contributed by atoms with Gasteiger partial charge in [0.2, 0.25) is 0 Å².